The van der Waals surface area contributed by atoms with E-state index in [1.807, 2.05) is 6.92 Å². The fourth-order valence-corrected chi connectivity index (χ4v) is 7.86. The number of esters is 1. The van der Waals surface area contributed by atoms with E-state index >= 15 is 0 Å². The zero-order valence-corrected chi connectivity index (χ0v) is 27.9. The minimum Gasteiger partial charge on any atom is -0.456 e. The van der Waals surface area contributed by atoms with Gasteiger partial charge in [0.2, 0.25) is 11.8 Å². The summed E-state index contributed by atoms with van der Waals surface area (Å²) in [7, 11) is 3.13. The molecule has 2 fully saturated rings. The minimum absolute atomic E-state index is 0.0287. The number of nitro benzene ring substituents is 2. The predicted molar refractivity (Wildman–Crippen MR) is 173 cm³/mol. The van der Waals surface area contributed by atoms with Crippen LogP contribution in [0.5, 0.6) is 0 Å². The molecule has 1 N–H and O–H groups in total. The Hall–Kier alpha value is -5.03. The molecule has 3 aliphatic heterocycles. The Morgan fingerprint density at radius 2 is 1.51 bits per heavy atom. The molecule has 3 amide bonds. The van der Waals surface area contributed by atoms with E-state index in [4.69, 9.17) is 9.47 Å². The molecule has 6 atom stereocenters. The Balaban J connectivity index is 1.35. The van der Waals surface area contributed by atoms with E-state index in [9.17, 15) is 44.5 Å². The number of carbonyl (C=O) groups excluding carboxylic acids is 4. The number of benzene rings is 2. The van der Waals surface area contributed by atoms with Crippen molar-refractivity contribution in [2.75, 3.05) is 20.6 Å². The van der Waals surface area contributed by atoms with Crippen LogP contribution < -0.4 is 0 Å². The van der Waals surface area contributed by atoms with Crippen LogP contribution in [0.15, 0.2) is 59.1 Å². The summed E-state index contributed by atoms with van der Waals surface area (Å²) in [6, 6.07) is 9.66. The van der Waals surface area contributed by atoms with Crippen molar-refractivity contribution in [1.82, 2.24) is 14.7 Å². The van der Waals surface area contributed by atoms with Crippen molar-refractivity contribution in [3.05, 3.63) is 90.5 Å². The number of thioether (sulfide) groups is 1. The zero-order valence-electron chi connectivity index (χ0n) is 27.1. The summed E-state index contributed by atoms with van der Waals surface area (Å²) >= 11 is 1.27. The third kappa shape index (κ3) is 7.07. The number of non-ortho nitro benzene ring substituents is 2. The minimum atomic E-state index is -0.965. The summed E-state index contributed by atoms with van der Waals surface area (Å²) in [6.07, 6.45) is -1.51. The van der Waals surface area contributed by atoms with Crippen LogP contribution >= 0.6 is 11.8 Å². The number of fused-ring (bicyclic) bond motifs is 1. The van der Waals surface area contributed by atoms with E-state index < -0.39 is 57.2 Å². The van der Waals surface area contributed by atoms with Gasteiger partial charge in [0.15, 0.2) is 0 Å². The van der Waals surface area contributed by atoms with Crippen LogP contribution in [0.4, 0.5) is 16.2 Å². The molecule has 0 aliphatic carbocycles. The van der Waals surface area contributed by atoms with Gasteiger partial charge in [-0.15, -0.1) is 11.8 Å². The first kappa shape index (κ1) is 35.3. The third-order valence-corrected chi connectivity index (χ3v) is 10.3. The summed E-state index contributed by atoms with van der Waals surface area (Å²) in [5.74, 6) is -2.66. The summed E-state index contributed by atoms with van der Waals surface area (Å²) in [5.41, 5.74) is 0.814. The van der Waals surface area contributed by atoms with E-state index in [1.54, 1.807) is 14.1 Å². The van der Waals surface area contributed by atoms with Crippen LogP contribution in [0.2, 0.25) is 0 Å². The molecule has 0 spiro atoms. The molecule has 5 rings (SSSR count). The molecule has 2 aromatic rings. The van der Waals surface area contributed by atoms with E-state index in [0.29, 0.717) is 16.0 Å². The molecule has 16 nitrogen and oxygen atoms in total. The average molecular weight is 698 g/mol. The van der Waals surface area contributed by atoms with Crippen molar-refractivity contribution >= 4 is 47.0 Å². The first-order valence-electron chi connectivity index (χ1n) is 15.4. The van der Waals surface area contributed by atoms with Gasteiger partial charge in [-0.2, -0.15) is 0 Å². The number of likely N-dealkylation sites (N-methyl/N-ethyl adjacent to an activating group) is 1. The lowest BCUT2D eigenvalue weighted by molar-refractivity contribution is -0.385. The molecule has 3 aliphatic rings. The topological polar surface area (TPSA) is 203 Å². The quantitative estimate of drug-likeness (QED) is 0.156. The highest BCUT2D eigenvalue weighted by Crippen LogP contribution is 2.52. The number of nitrogens with zero attached hydrogens (tertiary/aromatic N) is 5. The van der Waals surface area contributed by atoms with Crippen LogP contribution in [0.3, 0.4) is 0 Å². The molecule has 0 aromatic heterocycles. The van der Waals surface area contributed by atoms with Crippen molar-refractivity contribution in [3.8, 4) is 0 Å². The van der Waals surface area contributed by atoms with Crippen molar-refractivity contribution < 1.29 is 43.6 Å². The second-order valence-corrected chi connectivity index (χ2v) is 13.7. The van der Waals surface area contributed by atoms with Crippen LogP contribution in [0.25, 0.3) is 0 Å². The maximum Gasteiger partial charge on any atom is 0.410 e. The van der Waals surface area contributed by atoms with Gasteiger partial charge in [0.25, 0.3) is 11.4 Å². The fourth-order valence-electron chi connectivity index (χ4n) is 6.34. The maximum absolute atomic E-state index is 13.6. The van der Waals surface area contributed by atoms with Crippen LogP contribution in [0.1, 0.15) is 31.4 Å². The number of hydrogen-bond donors (Lipinski definition) is 1. The molecular formula is C32H35N5O11S. The Bertz CT molecular complexity index is 1700. The van der Waals surface area contributed by atoms with Gasteiger partial charge in [0.1, 0.15) is 25.0 Å². The number of β-lactam (4-membered cyclic amide) rings is 1. The molecule has 2 aromatic carbocycles. The van der Waals surface area contributed by atoms with Gasteiger partial charge < -0.3 is 24.4 Å². The monoisotopic (exact) mass is 697 g/mol. The highest BCUT2D eigenvalue weighted by atomic mass is 32.2. The predicted octanol–water partition coefficient (Wildman–Crippen LogP) is 3.22. The van der Waals surface area contributed by atoms with Crippen molar-refractivity contribution in [2.24, 2.45) is 11.8 Å². The van der Waals surface area contributed by atoms with Crippen LogP contribution in [0, 0.1) is 32.1 Å². The number of hydrogen-bond acceptors (Lipinski definition) is 12. The standard InChI is InChI=1S/C32H35N5O11S/c1-17-26-25(18(2)38)30(40)35(26)27(31(41)47-15-19-5-9-21(10-6-19)36(43)44)28(17)49-23-13-24(29(39)33(3)4)34(14-23)32(42)48-16-20-7-11-22(12-8-20)37(45)46/h5-12,17-18,23-26,38H,13-16H2,1-4H3/t17-,18?,23+,24+,25-,26-/m1/s1. The number of amides is 3. The summed E-state index contributed by atoms with van der Waals surface area (Å²) in [6.45, 7) is 3.04. The van der Waals surface area contributed by atoms with E-state index in [2.05, 4.69) is 0 Å². The van der Waals surface area contributed by atoms with Crippen molar-refractivity contribution in [3.63, 3.8) is 0 Å². The van der Waals surface area contributed by atoms with E-state index in [-0.39, 0.29) is 55.1 Å². The normalized spacial score (nSPS) is 23.4. The lowest BCUT2D eigenvalue weighted by Crippen LogP contribution is -2.63. The first-order chi connectivity index (χ1) is 23.2. The van der Waals surface area contributed by atoms with Gasteiger partial charge >= 0.3 is 12.1 Å². The summed E-state index contributed by atoms with van der Waals surface area (Å²) in [5, 5.41) is 31.9. The van der Waals surface area contributed by atoms with E-state index in [1.165, 1.54) is 81.9 Å². The number of aliphatic hydroxyl groups is 1. The number of nitro groups is 2. The fraction of sp³-hybridized carbons (Fsp3) is 0.438. The number of likely N-dealkylation sites (tertiary alicyclic amines) is 1. The highest BCUT2D eigenvalue weighted by molar-refractivity contribution is 8.03. The molecule has 0 saturated carbocycles. The van der Waals surface area contributed by atoms with E-state index in [0.717, 1.165) is 0 Å². The molecular weight excluding hydrogens is 662 g/mol. The number of ether oxygens (including phenoxy) is 2. The second kappa shape index (κ2) is 14.2. The molecule has 260 valence electrons. The molecule has 17 heteroatoms. The molecule has 49 heavy (non-hydrogen) atoms. The summed E-state index contributed by atoms with van der Waals surface area (Å²) < 4.78 is 11.1. The number of aliphatic hydroxyl groups excluding tert-OH is 1. The van der Waals surface area contributed by atoms with Crippen LogP contribution in [-0.4, -0.2) is 97.6 Å². The number of rotatable bonds is 11. The Morgan fingerprint density at radius 3 is 2.00 bits per heavy atom. The maximum atomic E-state index is 13.6. The van der Waals surface area contributed by atoms with Gasteiger partial charge in [-0.1, -0.05) is 6.92 Å². The van der Waals surface area contributed by atoms with Crippen molar-refractivity contribution in [2.45, 2.75) is 56.9 Å². The largest absolute Gasteiger partial charge is 0.456 e. The molecule has 2 saturated heterocycles. The van der Waals surface area contributed by atoms with Gasteiger partial charge in [-0.25, -0.2) is 9.59 Å². The lowest BCUT2D eigenvalue weighted by atomic mass is 9.79. The second-order valence-electron chi connectivity index (χ2n) is 12.3. The lowest BCUT2D eigenvalue weighted by Gasteiger charge is -2.46. The van der Waals surface area contributed by atoms with Gasteiger partial charge in [0.05, 0.1) is 27.9 Å². The van der Waals surface area contributed by atoms with Gasteiger partial charge in [-0.05, 0) is 48.7 Å². The Labute approximate surface area is 284 Å². The molecule has 1 unspecified atom stereocenters. The van der Waals surface area contributed by atoms with Gasteiger partial charge in [0, 0.05) is 61.0 Å². The number of carbonyl (C=O) groups is 4. The Morgan fingerprint density at radius 1 is 0.980 bits per heavy atom. The smallest absolute Gasteiger partial charge is 0.410 e. The zero-order chi connectivity index (χ0) is 35.7. The summed E-state index contributed by atoms with van der Waals surface area (Å²) in [4.78, 5) is 78.8. The molecule has 0 bridgehead atoms. The first-order valence-corrected chi connectivity index (χ1v) is 16.3. The average Bonchev–Trinajstić information content (AvgIpc) is 3.59. The van der Waals surface area contributed by atoms with Gasteiger partial charge in [-0.3, -0.25) is 34.7 Å². The molecule has 3 heterocycles. The van der Waals surface area contributed by atoms with Crippen LogP contribution in [-0.2, 0) is 37.1 Å². The van der Waals surface area contributed by atoms with Crippen molar-refractivity contribution in [1.29, 1.82) is 0 Å². The highest BCUT2D eigenvalue weighted by Gasteiger charge is 2.60. The Kier molecular flexibility index (Phi) is 10.2. The third-order valence-electron chi connectivity index (χ3n) is 8.85. The molecule has 0 radical (unpaired) electrons. The SMILES string of the molecule is CC(O)[C@H]1C(=O)N2C(C(=O)OCc3ccc([N+](=O)[O-])cc3)=C(S[C@H]3C[C@@H](C(=O)N(C)C)N(C(=O)OCc4ccc([N+](=O)[O-])cc4)C3)[C@H](C)[C@H]12.